The van der Waals surface area contributed by atoms with Gasteiger partial charge in [0.1, 0.15) is 0 Å². The van der Waals surface area contributed by atoms with E-state index < -0.39 is 16.5 Å². The van der Waals surface area contributed by atoms with Crippen LogP contribution in [0.15, 0.2) is 0 Å². The van der Waals surface area contributed by atoms with Gasteiger partial charge in [0.15, 0.2) is 0 Å². The Kier molecular flexibility index (Phi) is 17.1. The van der Waals surface area contributed by atoms with Gasteiger partial charge in [0, 0.05) is 0 Å². The molecule has 0 heterocycles. The molecule has 0 saturated heterocycles. The third-order valence-electron chi connectivity index (χ3n) is 1.10. The molecule has 1 atom stereocenters. The summed E-state index contributed by atoms with van der Waals surface area (Å²) in [5.41, 5.74) is 0. The van der Waals surface area contributed by atoms with Crippen molar-refractivity contribution in [3.63, 3.8) is 0 Å². The van der Waals surface area contributed by atoms with Gasteiger partial charge >= 0.3 is 40.0 Å². The smallest absolute Gasteiger partial charge is 1.00 e. The zero-order valence-electron chi connectivity index (χ0n) is 9.42. The standard InChI is InChI=1S/C6H14O2.Na.H2O4S.H/c1-2-3-4-6(8)5-7;;1-5(2,3)4;/h6-8H,2-5H2,1H3;;(H2,1,2,3,4);/q;+1;;-1. The number of rotatable bonds is 4. The second-order valence-corrected chi connectivity index (χ2v) is 3.32. The van der Waals surface area contributed by atoms with Crippen LogP contribution in [0, 0.1) is 0 Å². The number of aliphatic hydroxyl groups is 2. The van der Waals surface area contributed by atoms with Gasteiger partial charge < -0.3 is 11.6 Å². The van der Waals surface area contributed by atoms with Gasteiger partial charge in [0.2, 0.25) is 0 Å². The van der Waals surface area contributed by atoms with Crippen LogP contribution in [0.2, 0.25) is 0 Å². The molecule has 8 heteroatoms. The van der Waals surface area contributed by atoms with Crippen molar-refractivity contribution in [2.75, 3.05) is 6.61 Å². The van der Waals surface area contributed by atoms with E-state index in [0.29, 0.717) is 0 Å². The van der Waals surface area contributed by atoms with Crippen LogP contribution in [-0.2, 0) is 10.4 Å². The minimum absolute atomic E-state index is 0. The van der Waals surface area contributed by atoms with E-state index in [1.807, 2.05) is 0 Å². The van der Waals surface area contributed by atoms with Crippen LogP contribution in [0.25, 0.3) is 0 Å². The Balaban J connectivity index is -0.0000000770. The topological polar surface area (TPSA) is 115 Å². The van der Waals surface area contributed by atoms with Crippen molar-refractivity contribution in [2.45, 2.75) is 32.3 Å². The monoisotopic (exact) mass is 240 g/mol. The third kappa shape index (κ3) is 38.6. The Morgan fingerprint density at radius 3 is 1.93 bits per heavy atom. The third-order valence-corrected chi connectivity index (χ3v) is 1.10. The predicted octanol–water partition coefficient (Wildman–Crippen LogP) is -3.01. The molecule has 4 N–H and O–H groups in total. The Bertz CT molecular complexity index is 190. The summed E-state index contributed by atoms with van der Waals surface area (Å²) in [6.07, 6.45) is 2.32. The van der Waals surface area contributed by atoms with E-state index in [1.54, 1.807) is 0 Å². The molecule has 1 unspecified atom stereocenters. The Labute approximate surface area is 108 Å². The van der Waals surface area contributed by atoms with Gasteiger partial charge in [0.25, 0.3) is 0 Å². The summed E-state index contributed by atoms with van der Waals surface area (Å²) >= 11 is 0. The minimum atomic E-state index is -4.67. The molecule has 0 aromatic heterocycles. The molecule has 6 nitrogen and oxygen atoms in total. The van der Waals surface area contributed by atoms with Crippen LogP contribution in [0.5, 0.6) is 0 Å². The molecule has 0 aromatic rings. The summed E-state index contributed by atoms with van der Waals surface area (Å²) in [5.74, 6) is 0. The first kappa shape index (κ1) is 20.2. The molecular weight excluding hydrogens is 223 g/mol. The summed E-state index contributed by atoms with van der Waals surface area (Å²) in [6.45, 7) is 1.96. The molecule has 84 valence electrons. The molecule has 0 aromatic carbocycles. The second-order valence-electron chi connectivity index (χ2n) is 2.43. The van der Waals surface area contributed by atoms with Crippen molar-refractivity contribution in [3.8, 4) is 0 Å². The Morgan fingerprint density at radius 1 is 1.36 bits per heavy atom. The van der Waals surface area contributed by atoms with Crippen molar-refractivity contribution in [3.05, 3.63) is 0 Å². The maximum absolute atomic E-state index is 8.74. The fraction of sp³-hybridized carbons (Fsp3) is 1.00. The first-order valence-electron chi connectivity index (χ1n) is 3.80. The number of aliphatic hydroxyl groups excluding tert-OH is 2. The molecule has 0 saturated carbocycles. The quantitative estimate of drug-likeness (QED) is 0.307. The SMILES string of the molecule is CCCCC(O)CO.O=S(=O)(O)O.[H-].[Na+]. The molecular formula is C6H17NaO6S. The van der Waals surface area contributed by atoms with Crippen molar-refractivity contribution in [1.29, 1.82) is 0 Å². The van der Waals surface area contributed by atoms with Gasteiger partial charge in [-0.25, -0.2) is 0 Å². The molecule has 0 aliphatic heterocycles. The fourth-order valence-electron chi connectivity index (χ4n) is 0.531. The number of hydrogen-bond acceptors (Lipinski definition) is 4. The normalized spacial score (nSPS) is 12.1. The van der Waals surface area contributed by atoms with Crippen molar-refractivity contribution < 1.29 is 58.7 Å². The molecule has 0 aliphatic rings. The molecule has 0 rings (SSSR count). The summed E-state index contributed by atoms with van der Waals surface area (Å²) in [5, 5.41) is 17.1. The van der Waals surface area contributed by atoms with Crippen LogP contribution in [0.1, 0.15) is 27.6 Å². The maximum Gasteiger partial charge on any atom is 1.00 e. The summed E-state index contributed by atoms with van der Waals surface area (Å²) in [4.78, 5) is 0. The van der Waals surface area contributed by atoms with E-state index >= 15 is 0 Å². The first-order valence-corrected chi connectivity index (χ1v) is 5.19. The molecule has 0 radical (unpaired) electrons. The molecule has 0 bridgehead atoms. The molecule has 0 spiro atoms. The van der Waals surface area contributed by atoms with Gasteiger partial charge in [-0.1, -0.05) is 19.8 Å². The average Bonchev–Trinajstić information content (AvgIpc) is 1.97. The van der Waals surface area contributed by atoms with Crippen molar-refractivity contribution in [2.24, 2.45) is 0 Å². The van der Waals surface area contributed by atoms with E-state index in [0.717, 1.165) is 19.3 Å². The summed E-state index contributed by atoms with van der Waals surface area (Å²) in [6, 6.07) is 0. The van der Waals surface area contributed by atoms with E-state index in [-0.39, 0.29) is 37.6 Å². The Morgan fingerprint density at radius 2 is 1.71 bits per heavy atom. The van der Waals surface area contributed by atoms with Gasteiger partial charge in [-0.3, -0.25) is 9.11 Å². The first-order chi connectivity index (χ1) is 5.81. The van der Waals surface area contributed by atoms with Gasteiger partial charge in [-0.05, 0) is 6.42 Å². The average molecular weight is 240 g/mol. The van der Waals surface area contributed by atoms with E-state index in [1.165, 1.54) is 0 Å². The van der Waals surface area contributed by atoms with Crippen LogP contribution >= 0.6 is 0 Å². The van der Waals surface area contributed by atoms with Gasteiger partial charge in [-0.15, -0.1) is 0 Å². The minimum Gasteiger partial charge on any atom is -1.00 e. The largest absolute Gasteiger partial charge is 1.00 e. The summed E-state index contributed by atoms with van der Waals surface area (Å²) < 4.78 is 31.6. The van der Waals surface area contributed by atoms with Crippen molar-refractivity contribution in [1.82, 2.24) is 0 Å². The predicted molar refractivity (Wildman–Crippen MR) is 47.9 cm³/mol. The number of hydrogen-bond donors (Lipinski definition) is 4. The zero-order chi connectivity index (χ0) is 10.9. The maximum atomic E-state index is 8.74. The number of unbranched alkanes of at least 4 members (excludes halogenated alkanes) is 1. The van der Waals surface area contributed by atoms with Crippen LogP contribution in [0.3, 0.4) is 0 Å². The molecule has 14 heavy (non-hydrogen) atoms. The second kappa shape index (κ2) is 11.9. The van der Waals surface area contributed by atoms with Crippen LogP contribution < -0.4 is 29.6 Å². The van der Waals surface area contributed by atoms with Crippen LogP contribution in [0.4, 0.5) is 0 Å². The Hall–Kier alpha value is 0.790. The molecule has 0 aliphatic carbocycles. The van der Waals surface area contributed by atoms with E-state index in [9.17, 15) is 0 Å². The fourth-order valence-corrected chi connectivity index (χ4v) is 0.531. The molecule has 0 amide bonds. The van der Waals surface area contributed by atoms with E-state index in [2.05, 4.69) is 6.92 Å². The van der Waals surface area contributed by atoms with E-state index in [4.69, 9.17) is 27.7 Å². The van der Waals surface area contributed by atoms with Gasteiger partial charge in [0.05, 0.1) is 12.7 Å². The van der Waals surface area contributed by atoms with Crippen molar-refractivity contribution >= 4 is 10.4 Å². The van der Waals surface area contributed by atoms with Gasteiger partial charge in [-0.2, -0.15) is 8.42 Å². The molecule has 0 fully saturated rings. The summed E-state index contributed by atoms with van der Waals surface area (Å²) in [7, 11) is -4.67. The van der Waals surface area contributed by atoms with Crippen LogP contribution in [-0.4, -0.2) is 40.4 Å². The zero-order valence-corrected chi connectivity index (χ0v) is 11.2.